The molecule has 0 aliphatic rings. The lowest BCUT2D eigenvalue weighted by atomic mass is 10.0. The average molecular weight is 294 g/mol. The minimum Gasteiger partial charge on any atom is -0.330 e. The van der Waals surface area contributed by atoms with Crippen LogP contribution in [0.1, 0.15) is 11.5 Å². The standard InChI is InChI=1S/C18H18N2S/c21-14-17(15-7-3-1-4-8-15)13-20-12-11-19-18(20)16-9-5-2-6-10-16/h1-12,17,21H,13-14H2. The zero-order valence-electron chi connectivity index (χ0n) is 11.8. The van der Waals surface area contributed by atoms with Gasteiger partial charge in [0.25, 0.3) is 0 Å². The summed E-state index contributed by atoms with van der Waals surface area (Å²) in [5.74, 6) is 2.21. The zero-order valence-corrected chi connectivity index (χ0v) is 12.7. The molecule has 0 bridgehead atoms. The molecule has 1 aromatic heterocycles. The van der Waals surface area contributed by atoms with E-state index in [4.69, 9.17) is 0 Å². The van der Waals surface area contributed by atoms with Gasteiger partial charge in [-0.3, -0.25) is 0 Å². The Balaban J connectivity index is 1.87. The summed E-state index contributed by atoms with van der Waals surface area (Å²) in [6, 6.07) is 20.8. The molecule has 0 aliphatic heterocycles. The molecule has 0 radical (unpaired) electrons. The first-order valence-corrected chi connectivity index (χ1v) is 7.74. The highest BCUT2D eigenvalue weighted by Crippen LogP contribution is 2.23. The summed E-state index contributed by atoms with van der Waals surface area (Å²) in [6.07, 6.45) is 3.91. The first kappa shape index (κ1) is 14.0. The van der Waals surface area contributed by atoms with E-state index in [0.29, 0.717) is 5.92 Å². The van der Waals surface area contributed by atoms with Crippen LogP contribution >= 0.6 is 12.6 Å². The summed E-state index contributed by atoms with van der Waals surface area (Å²) >= 11 is 4.53. The van der Waals surface area contributed by atoms with Crippen molar-refractivity contribution in [2.45, 2.75) is 12.5 Å². The van der Waals surface area contributed by atoms with Crippen molar-refractivity contribution in [3.63, 3.8) is 0 Å². The van der Waals surface area contributed by atoms with Crippen LogP contribution in [0.3, 0.4) is 0 Å². The van der Waals surface area contributed by atoms with Crippen molar-refractivity contribution in [1.29, 1.82) is 0 Å². The quantitative estimate of drug-likeness (QED) is 0.696. The topological polar surface area (TPSA) is 17.8 Å². The number of hydrogen-bond donors (Lipinski definition) is 1. The Hall–Kier alpha value is -2.00. The van der Waals surface area contributed by atoms with E-state index in [1.807, 2.05) is 36.7 Å². The molecule has 3 heteroatoms. The van der Waals surface area contributed by atoms with Crippen molar-refractivity contribution >= 4 is 12.6 Å². The van der Waals surface area contributed by atoms with Crippen molar-refractivity contribution in [3.05, 3.63) is 78.6 Å². The highest BCUT2D eigenvalue weighted by Gasteiger charge is 2.13. The van der Waals surface area contributed by atoms with Crippen LogP contribution in [0, 0.1) is 0 Å². The molecule has 0 aliphatic carbocycles. The van der Waals surface area contributed by atoms with Gasteiger partial charge in [0, 0.05) is 30.4 Å². The Labute approximate surface area is 130 Å². The predicted octanol–water partition coefficient (Wildman–Crippen LogP) is 4.26. The Bertz CT molecular complexity index is 677. The van der Waals surface area contributed by atoms with Crippen molar-refractivity contribution in [2.24, 2.45) is 0 Å². The largest absolute Gasteiger partial charge is 0.330 e. The number of rotatable bonds is 5. The fraction of sp³-hybridized carbons (Fsp3) is 0.167. The van der Waals surface area contributed by atoms with E-state index in [1.165, 1.54) is 5.56 Å². The van der Waals surface area contributed by atoms with E-state index >= 15 is 0 Å². The fourth-order valence-electron chi connectivity index (χ4n) is 2.54. The van der Waals surface area contributed by atoms with E-state index in [2.05, 4.69) is 58.6 Å². The molecule has 1 heterocycles. The third-order valence-corrected chi connectivity index (χ3v) is 4.10. The summed E-state index contributed by atoms with van der Waals surface area (Å²) in [4.78, 5) is 4.51. The molecule has 0 amide bonds. The lowest BCUT2D eigenvalue weighted by molar-refractivity contribution is 0.610. The molecule has 3 rings (SSSR count). The molecule has 0 fully saturated rings. The van der Waals surface area contributed by atoms with E-state index in [-0.39, 0.29) is 0 Å². The number of hydrogen-bond acceptors (Lipinski definition) is 2. The maximum absolute atomic E-state index is 4.53. The van der Waals surface area contributed by atoms with E-state index in [0.717, 1.165) is 23.7 Å². The molecule has 0 spiro atoms. The van der Waals surface area contributed by atoms with E-state index in [9.17, 15) is 0 Å². The predicted molar refractivity (Wildman–Crippen MR) is 90.7 cm³/mol. The minimum atomic E-state index is 0.381. The number of thiol groups is 1. The summed E-state index contributed by atoms with van der Waals surface area (Å²) < 4.78 is 2.21. The van der Waals surface area contributed by atoms with Crippen LogP contribution in [0.25, 0.3) is 11.4 Å². The van der Waals surface area contributed by atoms with Crippen molar-refractivity contribution in [2.75, 3.05) is 5.75 Å². The summed E-state index contributed by atoms with van der Waals surface area (Å²) in [5.41, 5.74) is 2.47. The molecule has 0 saturated carbocycles. The molecular weight excluding hydrogens is 276 g/mol. The van der Waals surface area contributed by atoms with Gasteiger partial charge in [0.2, 0.25) is 0 Å². The SMILES string of the molecule is SCC(Cn1ccnc1-c1ccccc1)c1ccccc1. The Morgan fingerprint density at radius 3 is 2.29 bits per heavy atom. The second-order valence-corrected chi connectivity index (χ2v) is 5.42. The summed E-state index contributed by atoms with van der Waals surface area (Å²) in [5, 5.41) is 0. The highest BCUT2D eigenvalue weighted by atomic mass is 32.1. The summed E-state index contributed by atoms with van der Waals surface area (Å²) in [7, 11) is 0. The van der Waals surface area contributed by atoms with Crippen LogP contribution in [-0.2, 0) is 6.54 Å². The summed E-state index contributed by atoms with van der Waals surface area (Å²) in [6.45, 7) is 0.887. The van der Waals surface area contributed by atoms with Crippen LogP contribution < -0.4 is 0 Å². The molecular formula is C18H18N2S. The van der Waals surface area contributed by atoms with Gasteiger partial charge in [0.15, 0.2) is 0 Å². The lowest BCUT2D eigenvalue weighted by Gasteiger charge is -2.17. The molecule has 21 heavy (non-hydrogen) atoms. The first-order chi connectivity index (χ1) is 10.4. The normalized spacial score (nSPS) is 12.2. The lowest BCUT2D eigenvalue weighted by Crippen LogP contribution is -2.11. The van der Waals surface area contributed by atoms with Gasteiger partial charge in [-0.1, -0.05) is 60.7 Å². The molecule has 3 aromatic rings. The minimum absolute atomic E-state index is 0.381. The van der Waals surface area contributed by atoms with Gasteiger partial charge in [0.1, 0.15) is 5.82 Å². The third kappa shape index (κ3) is 3.19. The Morgan fingerprint density at radius 2 is 1.62 bits per heavy atom. The van der Waals surface area contributed by atoms with Crippen LogP contribution in [0.5, 0.6) is 0 Å². The Morgan fingerprint density at radius 1 is 0.952 bits per heavy atom. The monoisotopic (exact) mass is 294 g/mol. The van der Waals surface area contributed by atoms with Crippen LogP contribution in [0.2, 0.25) is 0 Å². The molecule has 0 saturated heterocycles. The first-order valence-electron chi connectivity index (χ1n) is 7.11. The molecule has 2 nitrogen and oxygen atoms in total. The van der Waals surface area contributed by atoms with Gasteiger partial charge in [0.05, 0.1) is 0 Å². The fourth-order valence-corrected chi connectivity index (χ4v) is 2.86. The van der Waals surface area contributed by atoms with Gasteiger partial charge in [-0.15, -0.1) is 0 Å². The number of aromatic nitrogens is 2. The molecule has 106 valence electrons. The number of nitrogens with zero attached hydrogens (tertiary/aromatic N) is 2. The second kappa shape index (κ2) is 6.64. The van der Waals surface area contributed by atoms with Crippen LogP contribution in [-0.4, -0.2) is 15.3 Å². The van der Waals surface area contributed by atoms with Crippen molar-refractivity contribution in [1.82, 2.24) is 9.55 Å². The third-order valence-electron chi connectivity index (χ3n) is 3.66. The van der Waals surface area contributed by atoms with Crippen molar-refractivity contribution in [3.8, 4) is 11.4 Å². The number of benzene rings is 2. The maximum Gasteiger partial charge on any atom is 0.139 e. The van der Waals surface area contributed by atoms with E-state index in [1.54, 1.807) is 0 Å². The average Bonchev–Trinajstić information content (AvgIpc) is 3.02. The number of imidazole rings is 1. The highest BCUT2D eigenvalue weighted by molar-refractivity contribution is 7.80. The van der Waals surface area contributed by atoms with Crippen LogP contribution in [0.15, 0.2) is 73.1 Å². The second-order valence-electron chi connectivity index (χ2n) is 5.06. The van der Waals surface area contributed by atoms with E-state index < -0.39 is 0 Å². The zero-order chi connectivity index (χ0) is 14.5. The Kier molecular flexibility index (Phi) is 4.41. The maximum atomic E-state index is 4.53. The van der Waals surface area contributed by atoms with Gasteiger partial charge < -0.3 is 4.57 Å². The van der Waals surface area contributed by atoms with Gasteiger partial charge >= 0.3 is 0 Å². The molecule has 0 N–H and O–H groups in total. The van der Waals surface area contributed by atoms with Gasteiger partial charge in [-0.05, 0) is 11.3 Å². The molecule has 1 atom stereocenters. The van der Waals surface area contributed by atoms with Crippen LogP contribution in [0.4, 0.5) is 0 Å². The smallest absolute Gasteiger partial charge is 0.139 e. The molecule has 1 unspecified atom stereocenters. The van der Waals surface area contributed by atoms with Crippen molar-refractivity contribution < 1.29 is 0 Å². The van der Waals surface area contributed by atoms with Gasteiger partial charge in [-0.2, -0.15) is 12.6 Å². The molecule has 2 aromatic carbocycles. The van der Waals surface area contributed by atoms with Gasteiger partial charge in [-0.25, -0.2) is 4.98 Å².